The number of nitrogens with two attached hydrogens (primary N) is 1. The topological polar surface area (TPSA) is 139 Å². The Hall–Kier alpha value is -4.28. The lowest BCUT2D eigenvalue weighted by molar-refractivity contribution is -0.130. The SMILES string of the molecule is C=C1c2cc(C)ccc2N2C(=O)[C@@H](NC(=O)CCC)CN(C(=O)c3ccco3)C2CN1CC1CCN(C(=N)N)CC1. The summed E-state index contributed by atoms with van der Waals surface area (Å²) in [4.78, 5) is 48.0. The molecular formula is C30H39N7O4. The summed E-state index contributed by atoms with van der Waals surface area (Å²) in [6.45, 7) is 10.9. The van der Waals surface area contributed by atoms with Crippen molar-refractivity contribution < 1.29 is 18.8 Å². The standard InChI is InChI=1S/C30H39N7O4/c1-4-6-26(38)33-23-17-36(29(40)25-7-5-14-41-25)27-18-35(16-21-10-12-34(13-11-21)30(31)32)20(3)22-15-19(2)8-9-24(22)37(27)28(23)39/h5,7-9,14-15,21,23,27H,3-4,6,10-13,16-18H2,1-2H3,(H3,31,32)(H,33,38)/t23-,27?/m0/s1. The number of anilines is 1. The Labute approximate surface area is 240 Å². The van der Waals surface area contributed by atoms with Gasteiger partial charge in [-0.05, 0) is 56.4 Å². The molecule has 0 saturated carbocycles. The van der Waals surface area contributed by atoms with Crippen LogP contribution in [-0.2, 0) is 9.59 Å². The smallest absolute Gasteiger partial charge is 0.291 e. The molecule has 3 aliphatic heterocycles. The predicted octanol–water partition coefficient (Wildman–Crippen LogP) is 2.58. The second kappa shape index (κ2) is 11.7. The summed E-state index contributed by atoms with van der Waals surface area (Å²) in [6.07, 6.45) is 3.50. The van der Waals surface area contributed by atoms with Gasteiger partial charge in [-0.15, -0.1) is 0 Å². The molecule has 3 amide bonds. The van der Waals surface area contributed by atoms with Crippen LogP contribution in [0.5, 0.6) is 0 Å². The van der Waals surface area contributed by atoms with Crippen LogP contribution in [0.25, 0.3) is 5.70 Å². The average molecular weight is 562 g/mol. The Morgan fingerprint density at radius 1 is 1.20 bits per heavy atom. The molecule has 0 radical (unpaired) electrons. The van der Waals surface area contributed by atoms with Crippen molar-refractivity contribution in [3.63, 3.8) is 0 Å². The molecule has 11 nitrogen and oxygen atoms in total. The quantitative estimate of drug-likeness (QED) is 0.364. The summed E-state index contributed by atoms with van der Waals surface area (Å²) in [7, 11) is 0. The van der Waals surface area contributed by atoms with E-state index in [9.17, 15) is 14.4 Å². The van der Waals surface area contributed by atoms with Crippen molar-refractivity contribution in [2.24, 2.45) is 11.7 Å². The lowest BCUT2D eigenvalue weighted by atomic mass is 9.95. The van der Waals surface area contributed by atoms with Crippen LogP contribution in [0, 0.1) is 18.3 Å². The third-order valence-electron chi connectivity index (χ3n) is 8.30. The third-order valence-corrected chi connectivity index (χ3v) is 8.30. The molecule has 2 saturated heterocycles. The molecule has 2 atom stereocenters. The van der Waals surface area contributed by atoms with Gasteiger partial charge in [0, 0.05) is 37.3 Å². The molecule has 1 aromatic carbocycles. The number of aryl methyl sites for hydroxylation is 1. The minimum absolute atomic E-state index is 0.0352. The molecule has 11 heteroatoms. The van der Waals surface area contributed by atoms with Gasteiger partial charge in [0.05, 0.1) is 25.0 Å². The molecule has 4 heterocycles. The van der Waals surface area contributed by atoms with Gasteiger partial charge in [0.15, 0.2) is 11.7 Å². The number of carbonyl (C=O) groups excluding carboxylic acids is 3. The maximum Gasteiger partial charge on any atom is 0.291 e. The second-order valence-corrected chi connectivity index (χ2v) is 11.2. The van der Waals surface area contributed by atoms with Gasteiger partial charge in [0.1, 0.15) is 12.2 Å². The highest BCUT2D eigenvalue weighted by Crippen LogP contribution is 2.38. The number of hydrogen-bond donors (Lipinski definition) is 3. The van der Waals surface area contributed by atoms with E-state index in [0.717, 1.165) is 29.7 Å². The molecule has 2 aromatic rings. The summed E-state index contributed by atoms with van der Waals surface area (Å²) in [5, 5.41) is 10.6. The summed E-state index contributed by atoms with van der Waals surface area (Å²) in [5.41, 5.74) is 9.02. The Balaban J connectivity index is 1.53. The molecule has 4 N–H and O–H groups in total. The molecule has 1 aromatic heterocycles. The predicted molar refractivity (Wildman–Crippen MR) is 156 cm³/mol. The summed E-state index contributed by atoms with van der Waals surface area (Å²) in [6, 6.07) is 8.25. The van der Waals surface area contributed by atoms with Gasteiger partial charge >= 0.3 is 0 Å². The number of rotatable bonds is 6. The first-order chi connectivity index (χ1) is 19.7. The second-order valence-electron chi connectivity index (χ2n) is 11.2. The fourth-order valence-electron chi connectivity index (χ4n) is 6.09. The normalized spacial score (nSPS) is 21.3. The van der Waals surface area contributed by atoms with Crippen LogP contribution in [0.4, 0.5) is 5.69 Å². The van der Waals surface area contributed by atoms with Crippen molar-refractivity contribution in [3.8, 4) is 0 Å². The third kappa shape index (κ3) is 5.66. The Morgan fingerprint density at radius 3 is 2.61 bits per heavy atom. The van der Waals surface area contributed by atoms with Crippen LogP contribution in [-0.4, -0.2) is 83.3 Å². The molecular weight excluding hydrogens is 522 g/mol. The lowest BCUT2D eigenvalue weighted by Crippen LogP contribution is -2.69. The molecule has 218 valence electrons. The van der Waals surface area contributed by atoms with Crippen molar-refractivity contribution in [3.05, 3.63) is 60.1 Å². The van der Waals surface area contributed by atoms with Gasteiger partial charge in [0.25, 0.3) is 11.8 Å². The first-order valence-corrected chi connectivity index (χ1v) is 14.3. The van der Waals surface area contributed by atoms with Gasteiger partial charge in [-0.2, -0.15) is 0 Å². The van der Waals surface area contributed by atoms with E-state index in [2.05, 4.69) is 16.8 Å². The molecule has 41 heavy (non-hydrogen) atoms. The minimum Gasteiger partial charge on any atom is -0.459 e. The zero-order valence-electron chi connectivity index (χ0n) is 23.8. The number of nitrogens with zero attached hydrogens (tertiary/aromatic N) is 4. The molecule has 0 aliphatic carbocycles. The van der Waals surface area contributed by atoms with Crippen LogP contribution in [0.15, 0.2) is 47.6 Å². The number of piperidine rings is 1. The number of hydrogen-bond acceptors (Lipinski definition) is 6. The Bertz CT molecular complexity index is 1330. The van der Waals surface area contributed by atoms with Crippen molar-refractivity contribution in [1.82, 2.24) is 20.0 Å². The molecule has 2 fully saturated rings. The number of guanidine groups is 1. The monoisotopic (exact) mass is 561 g/mol. The Kier molecular flexibility index (Phi) is 8.05. The summed E-state index contributed by atoms with van der Waals surface area (Å²) < 4.78 is 5.48. The van der Waals surface area contributed by atoms with E-state index in [1.54, 1.807) is 21.9 Å². The van der Waals surface area contributed by atoms with Crippen molar-refractivity contribution >= 4 is 35.1 Å². The zero-order valence-corrected chi connectivity index (χ0v) is 23.8. The largest absolute Gasteiger partial charge is 0.459 e. The van der Waals surface area contributed by atoms with Gasteiger partial charge in [-0.25, -0.2) is 0 Å². The number of likely N-dealkylation sites (tertiary alicyclic amines) is 1. The van der Waals surface area contributed by atoms with Gasteiger partial charge < -0.3 is 30.2 Å². The van der Waals surface area contributed by atoms with Crippen LogP contribution in [0.2, 0.25) is 0 Å². The minimum atomic E-state index is -0.894. The fourth-order valence-corrected chi connectivity index (χ4v) is 6.09. The summed E-state index contributed by atoms with van der Waals surface area (Å²) in [5.74, 6) is -0.224. The molecule has 5 rings (SSSR count). The molecule has 1 unspecified atom stereocenters. The number of nitrogens with one attached hydrogen (secondary N) is 2. The van der Waals surface area contributed by atoms with Crippen molar-refractivity contribution in [2.75, 3.05) is 37.6 Å². The van der Waals surface area contributed by atoms with Crippen LogP contribution < -0.4 is 16.0 Å². The highest BCUT2D eigenvalue weighted by molar-refractivity contribution is 6.05. The van der Waals surface area contributed by atoms with E-state index in [4.69, 9.17) is 15.6 Å². The Morgan fingerprint density at radius 2 is 1.95 bits per heavy atom. The number of furan rings is 1. The average Bonchev–Trinajstić information content (AvgIpc) is 3.46. The highest BCUT2D eigenvalue weighted by atomic mass is 16.3. The van der Waals surface area contributed by atoms with Crippen molar-refractivity contribution in [1.29, 1.82) is 5.41 Å². The highest BCUT2D eigenvalue weighted by Gasteiger charge is 2.47. The van der Waals surface area contributed by atoms with Gasteiger partial charge in [0.2, 0.25) is 5.91 Å². The fraction of sp³-hybridized carbons (Fsp3) is 0.467. The molecule has 0 spiro atoms. The lowest BCUT2D eigenvalue weighted by Gasteiger charge is -2.47. The number of fused-ring (bicyclic) bond motifs is 3. The summed E-state index contributed by atoms with van der Waals surface area (Å²) >= 11 is 0. The number of benzene rings is 1. The zero-order chi connectivity index (χ0) is 29.3. The van der Waals surface area contributed by atoms with E-state index < -0.39 is 12.2 Å². The first-order valence-electron chi connectivity index (χ1n) is 14.3. The molecule has 3 aliphatic rings. The number of amides is 3. The van der Waals surface area contributed by atoms with E-state index in [1.807, 2.05) is 36.9 Å². The van der Waals surface area contributed by atoms with E-state index in [0.29, 0.717) is 50.6 Å². The number of carbonyl (C=O) groups is 3. The maximum atomic E-state index is 14.1. The van der Waals surface area contributed by atoms with E-state index >= 15 is 0 Å². The maximum absolute atomic E-state index is 14.1. The van der Waals surface area contributed by atoms with Gasteiger partial charge in [-0.1, -0.05) is 25.1 Å². The molecule has 0 bridgehead atoms. The van der Waals surface area contributed by atoms with Crippen LogP contribution >= 0.6 is 0 Å². The van der Waals surface area contributed by atoms with E-state index in [1.165, 1.54) is 6.26 Å². The van der Waals surface area contributed by atoms with Crippen LogP contribution in [0.3, 0.4) is 0 Å². The van der Waals surface area contributed by atoms with Crippen molar-refractivity contribution in [2.45, 2.75) is 51.7 Å². The van der Waals surface area contributed by atoms with Gasteiger partial charge in [-0.3, -0.25) is 24.7 Å². The first kappa shape index (κ1) is 28.3. The van der Waals surface area contributed by atoms with Crippen LogP contribution in [0.1, 0.15) is 54.3 Å². The van der Waals surface area contributed by atoms with E-state index in [-0.39, 0.29) is 36.0 Å².